The van der Waals surface area contributed by atoms with Gasteiger partial charge >= 0.3 is 0 Å². The maximum absolute atomic E-state index is 12.3. The highest BCUT2D eigenvalue weighted by atomic mass is 32.2. The first kappa shape index (κ1) is 15.9. The first-order valence-electron chi connectivity index (χ1n) is 7.73. The highest BCUT2D eigenvalue weighted by Crippen LogP contribution is 2.33. The van der Waals surface area contributed by atoms with Crippen molar-refractivity contribution < 1.29 is 17.9 Å². The van der Waals surface area contributed by atoms with E-state index in [0.717, 1.165) is 18.4 Å². The molecule has 2 aliphatic heterocycles. The Morgan fingerprint density at radius 1 is 1.50 bits per heavy atom. The molecule has 0 aliphatic carbocycles. The van der Waals surface area contributed by atoms with E-state index in [2.05, 4.69) is 4.98 Å². The van der Waals surface area contributed by atoms with Crippen molar-refractivity contribution in [2.75, 3.05) is 18.9 Å². The Bertz CT molecular complexity index is 593. The van der Waals surface area contributed by atoms with Crippen LogP contribution in [0.3, 0.4) is 0 Å². The number of hydrogen-bond acceptors (Lipinski definition) is 5. The number of rotatable bonds is 5. The number of aromatic nitrogens is 1. The van der Waals surface area contributed by atoms with Crippen LogP contribution in [0.25, 0.3) is 0 Å². The Morgan fingerprint density at radius 3 is 3.09 bits per heavy atom. The normalized spacial score (nSPS) is 29.4. The Morgan fingerprint density at radius 2 is 2.36 bits per heavy atom. The average molecular weight is 326 g/mol. The lowest BCUT2D eigenvalue weighted by Gasteiger charge is -2.31. The lowest BCUT2D eigenvalue weighted by atomic mass is 10.0. The molecule has 0 radical (unpaired) electrons. The van der Waals surface area contributed by atoms with Gasteiger partial charge < -0.3 is 9.47 Å². The van der Waals surface area contributed by atoms with E-state index in [0.29, 0.717) is 19.8 Å². The molecule has 22 heavy (non-hydrogen) atoms. The van der Waals surface area contributed by atoms with Gasteiger partial charge in [-0.25, -0.2) is 8.42 Å². The van der Waals surface area contributed by atoms with Crippen LogP contribution in [0.1, 0.15) is 25.3 Å². The third kappa shape index (κ3) is 3.17. The highest BCUT2D eigenvalue weighted by Gasteiger charge is 2.48. The Kier molecular flexibility index (Phi) is 4.77. The van der Waals surface area contributed by atoms with Crippen molar-refractivity contribution in [3.05, 3.63) is 30.1 Å². The van der Waals surface area contributed by atoms with Crippen LogP contribution >= 0.6 is 0 Å². The first-order valence-corrected chi connectivity index (χ1v) is 9.34. The fourth-order valence-electron chi connectivity index (χ4n) is 3.19. The smallest absolute Gasteiger partial charge is 0.214 e. The summed E-state index contributed by atoms with van der Waals surface area (Å²) in [5.74, 6) is 0.117. The van der Waals surface area contributed by atoms with E-state index >= 15 is 0 Å². The van der Waals surface area contributed by atoms with Crippen molar-refractivity contribution in [3.8, 4) is 0 Å². The second-order valence-corrected chi connectivity index (χ2v) is 7.94. The molecular weight excluding hydrogens is 304 g/mol. The number of pyridine rings is 1. The fraction of sp³-hybridized carbons (Fsp3) is 0.667. The molecule has 1 aromatic rings. The van der Waals surface area contributed by atoms with Gasteiger partial charge in [-0.05, 0) is 31.4 Å². The van der Waals surface area contributed by atoms with Gasteiger partial charge in [-0.2, -0.15) is 4.31 Å². The maximum atomic E-state index is 12.3. The molecule has 2 saturated heterocycles. The molecule has 0 unspecified atom stereocenters. The van der Waals surface area contributed by atoms with E-state index in [1.807, 2.05) is 12.1 Å². The summed E-state index contributed by atoms with van der Waals surface area (Å²) in [4.78, 5) is 4.06. The van der Waals surface area contributed by atoms with Crippen molar-refractivity contribution in [3.63, 3.8) is 0 Å². The van der Waals surface area contributed by atoms with Crippen LogP contribution in [0.4, 0.5) is 0 Å². The largest absolute Gasteiger partial charge is 0.374 e. The molecular formula is C15H22N2O4S. The number of sulfonamides is 1. The molecule has 3 heterocycles. The van der Waals surface area contributed by atoms with Crippen molar-refractivity contribution in [2.24, 2.45) is 0 Å². The highest BCUT2D eigenvalue weighted by molar-refractivity contribution is 7.89. The summed E-state index contributed by atoms with van der Waals surface area (Å²) in [6.07, 6.45) is 4.84. The van der Waals surface area contributed by atoms with Crippen LogP contribution in [-0.2, 0) is 26.1 Å². The summed E-state index contributed by atoms with van der Waals surface area (Å²) in [7, 11) is -3.22. The molecule has 0 spiro atoms. The van der Waals surface area contributed by atoms with Crippen molar-refractivity contribution >= 4 is 10.0 Å². The summed E-state index contributed by atoms with van der Waals surface area (Å²) in [5, 5.41) is 0. The van der Waals surface area contributed by atoms with E-state index in [-0.39, 0.29) is 24.0 Å². The molecule has 3 rings (SSSR count). The second-order valence-electron chi connectivity index (χ2n) is 5.73. The van der Waals surface area contributed by atoms with E-state index in [9.17, 15) is 8.42 Å². The standard InChI is InChI=1S/C15H22N2O4S/c1-2-22(18,19)17-10-14(15-13(17)6-4-8-20-15)21-11-12-5-3-7-16-9-12/h3,5,7,9,13-15H,2,4,6,8,10-11H2,1H3/t13-,14+,15+/m0/s1. The van der Waals surface area contributed by atoms with Crippen molar-refractivity contribution in [1.82, 2.24) is 9.29 Å². The summed E-state index contributed by atoms with van der Waals surface area (Å²) in [6, 6.07) is 3.72. The van der Waals surface area contributed by atoms with Crippen molar-refractivity contribution in [1.29, 1.82) is 0 Å². The van der Waals surface area contributed by atoms with Crippen LogP contribution in [0.2, 0.25) is 0 Å². The van der Waals surface area contributed by atoms with Gasteiger partial charge in [-0.3, -0.25) is 4.98 Å². The number of fused-ring (bicyclic) bond motifs is 1. The molecule has 0 aromatic carbocycles. The minimum atomic E-state index is -3.22. The molecule has 1 aromatic heterocycles. The predicted octanol–water partition coefficient (Wildman–Crippen LogP) is 1.18. The summed E-state index contributed by atoms with van der Waals surface area (Å²) in [6.45, 7) is 3.16. The van der Waals surface area contributed by atoms with Gasteiger partial charge in [0.25, 0.3) is 0 Å². The van der Waals surface area contributed by atoms with Gasteiger partial charge in [0, 0.05) is 25.5 Å². The van der Waals surface area contributed by atoms with Crippen molar-refractivity contribution in [2.45, 2.75) is 44.6 Å². The predicted molar refractivity (Wildman–Crippen MR) is 81.7 cm³/mol. The minimum absolute atomic E-state index is 0.0856. The summed E-state index contributed by atoms with van der Waals surface area (Å²) >= 11 is 0. The molecule has 0 bridgehead atoms. The van der Waals surface area contributed by atoms with E-state index in [1.165, 1.54) is 0 Å². The zero-order chi connectivity index (χ0) is 15.6. The molecule has 122 valence electrons. The zero-order valence-electron chi connectivity index (χ0n) is 12.7. The van der Waals surface area contributed by atoms with Gasteiger partial charge in [0.1, 0.15) is 6.10 Å². The number of nitrogens with zero attached hydrogens (tertiary/aromatic N) is 2. The summed E-state index contributed by atoms with van der Waals surface area (Å²) in [5.41, 5.74) is 0.978. The molecule has 6 nitrogen and oxygen atoms in total. The number of hydrogen-bond donors (Lipinski definition) is 0. The van der Waals surface area contributed by atoms with Gasteiger partial charge in [0.05, 0.1) is 24.5 Å². The molecule has 0 saturated carbocycles. The first-order chi connectivity index (χ1) is 10.6. The van der Waals surface area contributed by atoms with Gasteiger partial charge in [0.2, 0.25) is 10.0 Å². The minimum Gasteiger partial charge on any atom is -0.374 e. The van der Waals surface area contributed by atoms with Crippen LogP contribution in [0, 0.1) is 0 Å². The molecule has 7 heteroatoms. The lowest BCUT2D eigenvalue weighted by Crippen LogP contribution is -2.44. The quantitative estimate of drug-likeness (QED) is 0.813. The Hall–Kier alpha value is -1.02. The third-order valence-corrected chi connectivity index (χ3v) is 6.20. The lowest BCUT2D eigenvalue weighted by molar-refractivity contribution is -0.0802. The monoisotopic (exact) mass is 326 g/mol. The summed E-state index contributed by atoms with van der Waals surface area (Å²) < 4.78 is 37.9. The number of ether oxygens (including phenoxy) is 2. The Labute approximate surface area is 131 Å². The van der Waals surface area contributed by atoms with Gasteiger partial charge in [0.15, 0.2) is 0 Å². The second kappa shape index (κ2) is 6.62. The fourth-order valence-corrected chi connectivity index (χ4v) is 4.53. The van der Waals surface area contributed by atoms with Crippen LogP contribution < -0.4 is 0 Å². The third-order valence-electron chi connectivity index (χ3n) is 4.34. The van der Waals surface area contributed by atoms with Crippen LogP contribution in [0.15, 0.2) is 24.5 Å². The molecule has 0 N–H and O–H groups in total. The van der Waals surface area contributed by atoms with E-state index in [4.69, 9.17) is 9.47 Å². The van der Waals surface area contributed by atoms with Crippen LogP contribution in [-0.4, -0.2) is 54.9 Å². The van der Waals surface area contributed by atoms with E-state index in [1.54, 1.807) is 23.6 Å². The Balaban J connectivity index is 1.71. The molecule has 3 atom stereocenters. The zero-order valence-corrected chi connectivity index (χ0v) is 13.5. The van der Waals surface area contributed by atoms with Gasteiger partial charge in [-0.15, -0.1) is 0 Å². The molecule has 0 amide bonds. The maximum Gasteiger partial charge on any atom is 0.214 e. The molecule has 2 aliphatic rings. The van der Waals surface area contributed by atoms with Gasteiger partial charge in [-0.1, -0.05) is 6.07 Å². The van der Waals surface area contributed by atoms with E-state index < -0.39 is 10.0 Å². The topological polar surface area (TPSA) is 68.7 Å². The SMILES string of the molecule is CCS(=O)(=O)N1C[C@@H](OCc2cccnc2)[C@@H]2OCCC[C@@H]21. The molecule has 2 fully saturated rings. The van der Waals surface area contributed by atoms with Crippen LogP contribution in [0.5, 0.6) is 0 Å². The average Bonchev–Trinajstić information content (AvgIpc) is 2.94.